The van der Waals surface area contributed by atoms with Gasteiger partial charge in [0.15, 0.2) is 5.76 Å². The molecule has 6 heteroatoms. The average Bonchev–Trinajstić information content (AvgIpc) is 3.35. The maximum Gasteiger partial charge on any atom is 0.289 e. The van der Waals surface area contributed by atoms with E-state index in [9.17, 15) is 9.18 Å². The van der Waals surface area contributed by atoms with Crippen molar-refractivity contribution in [2.45, 2.75) is 20.4 Å². The number of carbonyl (C=O) groups is 1. The molecule has 4 aromatic rings. The Balaban J connectivity index is 1.55. The van der Waals surface area contributed by atoms with Crippen molar-refractivity contribution in [2.75, 3.05) is 7.05 Å². The van der Waals surface area contributed by atoms with Crippen LogP contribution in [0.2, 0.25) is 0 Å². The number of hydrogen-bond donors (Lipinski definition) is 0. The average molecular weight is 403 g/mol. The Labute approximate surface area is 174 Å². The van der Waals surface area contributed by atoms with Gasteiger partial charge >= 0.3 is 0 Å². The first-order valence-electron chi connectivity index (χ1n) is 9.66. The summed E-state index contributed by atoms with van der Waals surface area (Å²) in [6, 6.07) is 19.4. The summed E-state index contributed by atoms with van der Waals surface area (Å²) in [6.45, 7) is 4.31. The minimum atomic E-state index is -0.390. The first kappa shape index (κ1) is 19.6. The molecule has 0 N–H and O–H groups in total. The van der Waals surface area contributed by atoms with E-state index in [-0.39, 0.29) is 11.7 Å². The summed E-state index contributed by atoms with van der Waals surface area (Å²) >= 11 is 0. The highest BCUT2D eigenvalue weighted by Crippen LogP contribution is 2.26. The summed E-state index contributed by atoms with van der Waals surface area (Å²) in [5.74, 6) is -0.168. The molecular formula is C24H22FN3O2. The third-order valence-electron chi connectivity index (χ3n) is 5.14. The van der Waals surface area contributed by atoms with Crippen molar-refractivity contribution in [3.8, 4) is 17.0 Å². The van der Waals surface area contributed by atoms with Crippen molar-refractivity contribution in [3.63, 3.8) is 0 Å². The lowest BCUT2D eigenvalue weighted by Crippen LogP contribution is -2.26. The van der Waals surface area contributed by atoms with Gasteiger partial charge in [-0.05, 0) is 50.2 Å². The van der Waals surface area contributed by atoms with Gasteiger partial charge in [-0.2, -0.15) is 5.10 Å². The Morgan fingerprint density at radius 3 is 2.47 bits per heavy atom. The zero-order valence-electron chi connectivity index (χ0n) is 17.1. The lowest BCUT2D eigenvalue weighted by atomic mass is 10.1. The standard InChI is InChI=1S/C24H22FN3O2/c1-16-20(17(2)28(26-16)18-9-5-4-6-10-18)15-27(3)24(29)23-14-13-22(30-23)19-11-7-8-12-21(19)25/h4-14H,15H2,1-3H3. The van der Waals surface area contributed by atoms with Gasteiger partial charge in [0.25, 0.3) is 5.91 Å². The largest absolute Gasteiger partial charge is 0.451 e. The van der Waals surface area contributed by atoms with Crippen LogP contribution in [0.3, 0.4) is 0 Å². The Kier molecular flexibility index (Phi) is 5.23. The Bertz CT molecular complexity index is 1190. The lowest BCUT2D eigenvalue weighted by Gasteiger charge is -2.16. The monoisotopic (exact) mass is 403 g/mol. The Morgan fingerprint density at radius 1 is 1.03 bits per heavy atom. The molecule has 0 aliphatic heterocycles. The predicted octanol–water partition coefficient (Wildman–Crippen LogP) is 5.16. The van der Waals surface area contributed by atoms with E-state index in [4.69, 9.17) is 4.42 Å². The summed E-state index contributed by atoms with van der Waals surface area (Å²) in [5.41, 5.74) is 4.12. The molecule has 0 saturated heterocycles. The fourth-order valence-corrected chi connectivity index (χ4v) is 3.48. The zero-order chi connectivity index (χ0) is 21.3. The van der Waals surface area contributed by atoms with E-state index in [1.54, 1.807) is 42.3 Å². The van der Waals surface area contributed by atoms with Gasteiger partial charge in [0.2, 0.25) is 0 Å². The molecule has 4 rings (SSSR count). The number of benzene rings is 2. The number of furan rings is 1. The number of aromatic nitrogens is 2. The van der Waals surface area contributed by atoms with Gasteiger partial charge < -0.3 is 9.32 Å². The number of rotatable bonds is 5. The highest BCUT2D eigenvalue weighted by molar-refractivity contribution is 5.92. The number of para-hydroxylation sites is 1. The normalized spacial score (nSPS) is 10.9. The molecule has 0 aliphatic rings. The van der Waals surface area contributed by atoms with Crippen molar-refractivity contribution in [1.29, 1.82) is 0 Å². The van der Waals surface area contributed by atoms with Gasteiger partial charge in [0.05, 0.1) is 16.9 Å². The molecule has 30 heavy (non-hydrogen) atoms. The number of nitrogens with zero attached hydrogens (tertiary/aromatic N) is 3. The first-order valence-corrected chi connectivity index (χ1v) is 9.66. The molecular weight excluding hydrogens is 381 g/mol. The van der Waals surface area contributed by atoms with Crippen LogP contribution in [-0.4, -0.2) is 27.6 Å². The van der Waals surface area contributed by atoms with Crippen molar-refractivity contribution < 1.29 is 13.6 Å². The zero-order valence-corrected chi connectivity index (χ0v) is 17.1. The van der Waals surface area contributed by atoms with Gasteiger partial charge in [-0.3, -0.25) is 4.79 Å². The molecule has 152 valence electrons. The number of amides is 1. The molecule has 0 saturated carbocycles. The van der Waals surface area contributed by atoms with Gasteiger partial charge in [0.1, 0.15) is 11.6 Å². The smallest absolute Gasteiger partial charge is 0.289 e. The Hall–Kier alpha value is -3.67. The molecule has 0 radical (unpaired) electrons. The molecule has 0 bridgehead atoms. The number of halogens is 1. The van der Waals surface area contributed by atoms with Gasteiger partial charge in [-0.15, -0.1) is 0 Å². The van der Waals surface area contributed by atoms with Crippen LogP contribution in [0.5, 0.6) is 0 Å². The van der Waals surface area contributed by atoms with Crippen molar-refractivity contribution in [1.82, 2.24) is 14.7 Å². The highest BCUT2D eigenvalue weighted by Gasteiger charge is 2.21. The second kappa shape index (κ2) is 7.99. The van der Waals surface area contributed by atoms with Gasteiger partial charge in [0, 0.05) is 24.8 Å². The van der Waals surface area contributed by atoms with E-state index in [2.05, 4.69) is 5.10 Å². The molecule has 2 aromatic carbocycles. The molecule has 0 spiro atoms. The maximum absolute atomic E-state index is 14.0. The fourth-order valence-electron chi connectivity index (χ4n) is 3.48. The van der Waals surface area contributed by atoms with Crippen LogP contribution in [0.25, 0.3) is 17.0 Å². The van der Waals surface area contributed by atoms with E-state index in [0.717, 1.165) is 22.6 Å². The summed E-state index contributed by atoms with van der Waals surface area (Å²) in [6.07, 6.45) is 0. The van der Waals surface area contributed by atoms with Gasteiger partial charge in [-0.1, -0.05) is 30.3 Å². The summed E-state index contributed by atoms with van der Waals surface area (Å²) in [7, 11) is 1.71. The number of carbonyl (C=O) groups excluding carboxylic acids is 1. The van der Waals surface area contributed by atoms with Crippen molar-refractivity contribution >= 4 is 5.91 Å². The first-order chi connectivity index (χ1) is 14.5. The summed E-state index contributed by atoms with van der Waals surface area (Å²) in [5, 5.41) is 4.63. The molecule has 0 fully saturated rings. The van der Waals surface area contributed by atoms with E-state index in [1.165, 1.54) is 6.07 Å². The predicted molar refractivity (Wildman–Crippen MR) is 113 cm³/mol. The van der Waals surface area contributed by atoms with E-state index in [0.29, 0.717) is 17.9 Å². The van der Waals surface area contributed by atoms with Crippen molar-refractivity contribution in [3.05, 3.63) is 95.3 Å². The van der Waals surface area contributed by atoms with Crippen LogP contribution in [0.15, 0.2) is 71.1 Å². The van der Waals surface area contributed by atoms with Gasteiger partial charge in [-0.25, -0.2) is 9.07 Å². The molecule has 2 aromatic heterocycles. The second-order valence-corrected chi connectivity index (χ2v) is 7.20. The third kappa shape index (κ3) is 3.64. The van der Waals surface area contributed by atoms with Crippen LogP contribution >= 0.6 is 0 Å². The quantitative estimate of drug-likeness (QED) is 0.462. The maximum atomic E-state index is 14.0. The fraction of sp³-hybridized carbons (Fsp3) is 0.167. The number of aryl methyl sites for hydroxylation is 1. The van der Waals surface area contributed by atoms with Crippen LogP contribution < -0.4 is 0 Å². The summed E-state index contributed by atoms with van der Waals surface area (Å²) in [4.78, 5) is 14.5. The summed E-state index contributed by atoms with van der Waals surface area (Å²) < 4.78 is 21.5. The molecule has 0 atom stereocenters. The van der Waals surface area contributed by atoms with Crippen molar-refractivity contribution in [2.24, 2.45) is 0 Å². The third-order valence-corrected chi connectivity index (χ3v) is 5.14. The SMILES string of the molecule is Cc1nn(-c2ccccc2)c(C)c1CN(C)C(=O)c1ccc(-c2ccccc2F)o1. The van der Waals surface area contributed by atoms with Crippen LogP contribution in [-0.2, 0) is 6.54 Å². The molecule has 0 unspecified atom stereocenters. The van der Waals surface area contributed by atoms with Crippen LogP contribution in [0.4, 0.5) is 4.39 Å². The Morgan fingerprint density at radius 2 is 1.73 bits per heavy atom. The molecule has 2 heterocycles. The molecule has 1 amide bonds. The lowest BCUT2D eigenvalue weighted by molar-refractivity contribution is 0.0754. The van der Waals surface area contributed by atoms with Crippen LogP contribution in [0, 0.1) is 19.7 Å². The number of hydrogen-bond acceptors (Lipinski definition) is 3. The van der Waals surface area contributed by atoms with E-state index >= 15 is 0 Å². The minimum Gasteiger partial charge on any atom is -0.451 e. The molecule has 5 nitrogen and oxygen atoms in total. The van der Waals surface area contributed by atoms with E-state index < -0.39 is 5.82 Å². The minimum absolute atomic E-state index is 0.168. The second-order valence-electron chi connectivity index (χ2n) is 7.20. The topological polar surface area (TPSA) is 51.3 Å². The highest BCUT2D eigenvalue weighted by atomic mass is 19.1. The van der Waals surface area contributed by atoms with E-state index in [1.807, 2.05) is 48.9 Å². The van der Waals surface area contributed by atoms with Crippen LogP contribution in [0.1, 0.15) is 27.5 Å². The molecule has 0 aliphatic carbocycles.